The summed E-state index contributed by atoms with van der Waals surface area (Å²) < 4.78 is 0. The van der Waals surface area contributed by atoms with Crippen LogP contribution in [0.1, 0.15) is 11.1 Å². The first-order chi connectivity index (χ1) is 11.1. The molecule has 3 rings (SSSR count). The van der Waals surface area contributed by atoms with Crippen molar-refractivity contribution in [3.8, 4) is 0 Å². The van der Waals surface area contributed by atoms with Crippen LogP contribution in [0.25, 0.3) is 0 Å². The number of fused-ring (bicyclic) bond motifs is 1. The molecule has 118 valence electrons. The maximum Gasteiger partial charge on any atom is 0.240 e. The molecule has 2 aromatic rings. The van der Waals surface area contributed by atoms with Gasteiger partial charge in [-0.3, -0.25) is 14.6 Å². The fourth-order valence-electron chi connectivity index (χ4n) is 2.70. The van der Waals surface area contributed by atoms with Crippen LogP contribution in [0.15, 0.2) is 53.7 Å². The molecule has 2 amide bonds. The predicted molar refractivity (Wildman–Crippen MR) is 88.6 cm³/mol. The lowest BCUT2D eigenvalue weighted by molar-refractivity contribution is -0.138. The fourth-order valence-corrected chi connectivity index (χ4v) is 3.47. The van der Waals surface area contributed by atoms with E-state index in [1.807, 2.05) is 36.4 Å². The van der Waals surface area contributed by atoms with E-state index >= 15 is 0 Å². The van der Waals surface area contributed by atoms with Gasteiger partial charge in [-0.05, 0) is 23.3 Å². The predicted octanol–water partition coefficient (Wildman–Crippen LogP) is 1.61. The van der Waals surface area contributed by atoms with Gasteiger partial charge in [0, 0.05) is 30.3 Å². The van der Waals surface area contributed by atoms with Gasteiger partial charge in [-0.15, -0.1) is 11.8 Å². The Balaban J connectivity index is 1.74. The minimum absolute atomic E-state index is 0.0786. The Hall–Kier alpha value is -2.34. The third kappa shape index (κ3) is 3.53. The van der Waals surface area contributed by atoms with Gasteiger partial charge in [0.25, 0.3) is 0 Å². The highest BCUT2D eigenvalue weighted by molar-refractivity contribution is 8.00. The smallest absolute Gasteiger partial charge is 0.240 e. The normalized spacial score (nSPS) is 16.7. The van der Waals surface area contributed by atoms with E-state index in [2.05, 4.69) is 4.98 Å². The summed E-state index contributed by atoms with van der Waals surface area (Å²) in [6.45, 7) is 0.430. The molecule has 23 heavy (non-hydrogen) atoms. The molecule has 0 unspecified atom stereocenters. The maximum absolute atomic E-state index is 12.6. The number of pyridine rings is 1. The first-order valence-corrected chi connectivity index (χ1v) is 8.32. The lowest BCUT2D eigenvalue weighted by Gasteiger charge is -2.35. The van der Waals surface area contributed by atoms with Gasteiger partial charge < -0.3 is 10.6 Å². The summed E-state index contributed by atoms with van der Waals surface area (Å²) in [4.78, 5) is 30.9. The van der Waals surface area contributed by atoms with Crippen LogP contribution in [0.4, 0.5) is 0 Å². The quantitative estimate of drug-likeness (QED) is 0.866. The number of primary amides is 1. The minimum Gasteiger partial charge on any atom is -0.368 e. The zero-order valence-electron chi connectivity index (χ0n) is 12.5. The van der Waals surface area contributed by atoms with Crippen LogP contribution in [-0.2, 0) is 22.6 Å². The van der Waals surface area contributed by atoms with Gasteiger partial charge in [0.05, 0.1) is 5.75 Å². The Bertz CT molecular complexity index is 721. The molecule has 0 fully saturated rings. The molecule has 0 spiro atoms. The lowest BCUT2D eigenvalue weighted by Crippen LogP contribution is -2.51. The molecule has 0 saturated carbocycles. The van der Waals surface area contributed by atoms with Gasteiger partial charge in [0.2, 0.25) is 11.8 Å². The van der Waals surface area contributed by atoms with Gasteiger partial charge in [0.15, 0.2) is 0 Å². The van der Waals surface area contributed by atoms with Crippen molar-refractivity contribution in [2.75, 3.05) is 5.75 Å². The molecule has 1 aliphatic rings. The number of nitrogens with two attached hydrogens (primary N) is 1. The number of carbonyl (C=O) groups is 2. The van der Waals surface area contributed by atoms with E-state index in [1.165, 1.54) is 11.8 Å². The van der Waals surface area contributed by atoms with Crippen molar-refractivity contribution in [1.82, 2.24) is 9.88 Å². The van der Waals surface area contributed by atoms with E-state index in [0.29, 0.717) is 13.0 Å². The number of rotatable bonds is 4. The lowest BCUT2D eigenvalue weighted by atomic mass is 9.93. The van der Waals surface area contributed by atoms with Gasteiger partial charge >= 0.3 is 0 Å². The zero-order valence-corrected chi connectivity index (χ0v) is 13.3. The molecule has 1 atom stereocenters. The third-order valence-corrected chi connectivity index (χ3v) is 4.91. The highest BCUT2D eigenvalue weighted by Gasteiger charge is 2.32. The van der Waals surface area contributed by atoms with Crippen molar-refractivity contribution < 1.29 is 9.59 Å². The molecule has 0 radical (unpaired) electrons. The average Bonchev–Trinajstić information content (AvgIpc) is 2.59. The molecule has 1 aliphatic heterocycles. The molecule has 2 N–H and O–H groups in total. The molecule has 2 heterocycles. The van der Waals surface area contributed by atoms with Crippen molar-refractivity contribution in [1.29, 1.82) is 0 Å². The number of hydrogen-bond donors (Lipinski definition) is 1. The highest BCUT2D eigenvalue weighted by atomic mass is 32.2. The van der Waals surface area contributed by atoms with Crippen molar-refractivity contribution in [3.05, 3.63) is 59.9 Å². The van der Waals surface area contributed by atoms with Gasteiger partial charge in [-0.2, -0.15) is 0 Å². The van der Waals surface area contributed by atoms with Crippen molar-refractivity contribution >= 4 is 23.6 Å². The number of benzene rings is 1. The van der Waals surface area contributed by atoms with E-state index in [1.54, 1.807) is 17.3 Å². The Morgan fingerprint density at radius 3 is 2.57 bits per heavy atom. The molecule has 1 aromatic heterocycles. The van der Waals surface area contributed by atoms with Crippen LogP contribution in [0, 0.1) is 0 Å². The van der Waals surface area contributed by atoms with E-state index in [0.717, 1.165) is 16.0 Å². The van der Waals surface area contributed by atoms with Crippen molar-refractivity contribution in [2.24, 2.45) is 5.73 Å². The molecular weight excluding hydrogens is 310 g/mol. The molecule has 0 saturated heterocycles. The molecule has 6 heteroatoms. The number of nitrogens with zero attached hydrogens (tertiary/aromatic N) is 2. The van der Waals surface area contributed by atoms with E-state index < -0.39 is 11.9 Å². The van der Waals surface area contributed by atoms with Gasteiger partial charge in [-0.25, -0.2) is 0 Å². The topological polar surface area (TPSA) is 76.3 Å². The van der Waals surface area contributed by atoms with Crippen LogP contribution < -0.4 is 5.73 Å². The molecule has 1 aromatic carbocycles. The zero-order chi connectivity index (χ0) is 16.2. The first kappa shape index (κ1) is 15.6. The Morgan fingerprint density at radius 2 is 1.87 bits per heavy atom. The Morgan fingerprint density at radius 1 is 1.17 bits per heavy atom. The molecular formula is C17H17N3O2S. The number of carbonyl (C=O) groups excluding carboxylic acids is 2. The van der Waals surface area contributed by atoms with E-state index in [4.69, 9.17) is 5.73 Å². The summed E-state index contributed by atoms with van der Waals surface area (Å²) in [5, 5.41) is 0. The van der Waals surface area contributed by atoms with Crippen LogP contribution in [0.5, 0.6) is 0 Å². The second-order valence-corrected chi connectivity index (χ2v) is 6.43. The summed E-state index contributed by atoms with van der Waals surface area (Å²) in [5.41, 5.74) is 7.67. The largest absolute Gasteiger partial charge is 0.368 e. The van der Waals surface area contributed by atoms with Crippen molar-refractivity contribution in [3.63, 3.8) is 0 Å². The number of amides is 2. The standard InChI is InChI=1S/C17H17N3O2S/c18-17(22)15-9-12-3-1-2-4-13(12)10-20(15)16(21)11-23-14-5-7-19-8-6-14/h1-8,15H,9-11H2,(H2,18,22)/t15-/m0/s1. The summed E-state index contributed by atoms with van der Waals surface area (Å²) in [6.07, 6.45) is 3.86. The van der Waals surface area contributed by atoms with Crippen LogP contribution >= 0.6 is 11.8 Å². The summed E-state index contributed by atoms with van der Waals surface area (Å²) in [7, 11) is 0. The fraction of sp³-hybridized carbons (Fsp3) is 0.235. The van der Waals surface area contributed by atoms with E-state index in [-0.39, 0.29) is 11.7 Å². The SMILES string of the molecule is NC(=O)[C@@H]1Cc2ccccc2CN1C(=O)CSc1ccncc1. The Kier molecular flexibility index (Phi) is 4.62. The number of aromatic nitrogens is 1. The van der Waals surface area contributed by atoms with Crippen LogP contribution in [0.2, 0.25) is 0 Å². The second kappa shape index (κ2) is 6.83. The average molecular weight is 327 g/mol. The molecule has 5 nitrogen and oxygen atoms in total. The molecule has 0 bridgehead atoms. The Labute approximate surface area is 138 Å². The number of hydrogen-bond acceptors (Lipinski definition) is 4. The maximum atomic E-state index is 12.6. The van der Waals surface area contributed by atoms with E-state index in [9.17, 15) is 9.59 Å². The molecule has 0 aliphatic carbocycles. The summed E-state index contributed by atoms with van der Waals surface area (Å²) in [5.74, 6) is -0.262. The van der Waals surface area contributed by atoms with Crippen LogP contribution in [-0.4, -0.2) is 33.5 Å². The van der Waals surface area contributed by atoms with Gasteiger partial charge in [0.1, 0.15) is 6.04 Å². The van der Waals surface area contributed by atoms with Gasteiger partial charge in [-0.1, -0.05) is 24.3 Å². The van der Waals surface area contributed by atoms with Crippen molar-refractivity contribution in [2.45, 2.75) is 23.9 Å². The number of thioether (sulfide) groups is 1. The highest BCUT2D eigenvalue weighted by Crippen LogP contribution is 2.25. The monoisotopic (exact) mass is 327 g/mol. The third-order valence-electron chi connectivity index (χ3n) is 3.91. The minimum atomic E-state index is -0.574. The second-order valence-electron chi connectivity index (χ2n) is 5.38. The summed E-state index contributed by atoms with van der Waals surface area (Å²) in [6, 6.07) is 11.0. The van der Waals surface area contributed by atoms with Crippen LogP contribution in [0.3, 0.4) is 0 Å². The first-order valence-electron chi connectivity index (χ1n) is 7.33. The summed E-state index contributed by atoms with van der Waals surface area (Å²) >= 11 is 1.43.